The van der Waals surface area contributed by atoms with E-state index in [1.165, 1.54) is 21.8 Å². The Labute approximate surface area is 191 Å². The molecule has 6 heteroatoms. The number of nitrogens with one attached hydrogen (secondary N) is 1. The highest BCUT2D eigenvalue weighted by molar-refractivity contribution is 7.11. The van der Waals surface area contributed by atoms with Crippen molar-refractivity contribution >= 4 is 46.0 Å². The molecule has 1 aliphatic rings. The van der Waals surface area contributed by atoms with Gasteiger partial charge >= 0.3 is 0 Å². The number of hydrogen-bond acceptors (Lipinski definition) is 4. The smallest absolute Gasteiger partial charge is 0.278 e. The van der Waals surface area contributed by atoms with Gasteiger partial charge in [-0.1, -0.05) is 55.8 Å². The summed E-state index contributed by atoms with van der Waals surface area (Å²) in [6, 6.07) is 19.2. The summed E-state index contributed by atoms with van der Waals surface area (Å²) in [4.78, 5) is 28.6. The number of nitrogens with zero attached hydrogens (tertiary/aromatic N) is 1. The molecule has 0 saturated heterocycles. The molecule has 0 radical (unpaired) electrons. The van der Waals surface area contributed by atoms with E-state index in [0.29, 0.717) is 35.2 Å². The lowest BCUT2D eigenvalue weighted by atomic mass is 10.0. The highest BCUT2D eigenvalue weighted by Gasteiger charge is 2.39. The molecule has 0 bridgehead atoms. The zero-order valence-electron chi connectivity index (χ0n) is 17.4. The van der Waals surface area contributed by atoms with Crippen molar-refractivity contribution < 1.29 is 9.59 Å². The number of anilines is 1. The summed E-state index contributed by atoms with van der Waals surface area (Å²) in [7, 11) is 0. The van der Waals surface area contributed by atoms with Crippen molar-refractivity contribution in [2.75, 3.05) is 11.9 Å². The Hall–Kier alpha value is -2.89. The Kier molecular flexibility index (Phi) is 6.25. The van der Waals surface area contributed by atoms with E-state index in [9.17, 15) is 9.59 Å². The van der Waals surface area contributed by atoms with Crippen molar-refractivity contribution in [3.63, 3.8) is 0 Å². The number of thiophene rings is 1. The maximum atomic E-state index is 13.2. The highest BCUT2D eigenvalue weighted by Crippen LogP contribution is 2.33. The minimum absolute atomic E-state index is 0.261. The van der Waals surface area contributed by atoms with Gasteiger partial charge < -0.3 is 5.32 Å². The first-order valence-corrected chi connectivity index (χ1v) is 11.5. The number of rotatable bonds is 7. The van der Waals surface area contributed by atoms with Crippen LogP contribution in [0.25, 0.3) is 5.57 Å². The van der Waals surface area contributed by atoms with Crippen molar-refractivity contribution in [2.45, 2.75) is 26.2 Å². The fraction of sp³-hybridized carbons (Fsp3) is 0.200. The molecule has 158 valence electrons. The average Bonchev–Trinajstić information content (AvgIpc) is 3.36. The molecule has 2 aromatic carbocycles. The number of hydrogen-bond donors (Lipinski definition) is 1. The molecular formula is C25H23ClN2O2S. The summed E-state index contributed by atoms with van der Waals surface area (Å²) in [5.41, 5.74) is 3.80. The lowest BCUT2D eigenvalue weighted by molar-refractivity contribution is -0.136. The molecule has 0 atom stereocenters. The predicted molar refractivity (Wildman–Crippen MR) is 127 cm³/mol. The first-order valence-electron chi connectivity index (χ1n) is 10.2. The monoisotopic (exact) mass is 450 g/mol. The molecule has 0 fully saturated rings. The summed E-state index contributed by atoms with van der Waals surface area (Å²) in [6.07, 6.45) is 0.572. The zero-order valence-corrected chi connectivity index (χ0v) is 19.0. The summed E-state index contributed by atoms with van der Waals surface area (Å²) >= 11 is 7.40. The van der Waals surface area contributed by atoms with Gasteiger partial charge in [0.15, 0.2) is 0 Å². The second kappa shape index (κ2) is 9.08. The van der Waals surface area contributed by atoms with E-state index < -0.39 is 0 Å². The van der Waals surface area contributed by atoms with Gasteiger partial charge in [0, 0.05) is 22.1 Å². The second-order valence-electron chi connectivity index (χ2n) is 7.77. The van der Waals surface area contributed by atoms with Gasteiger partial charge in [0.05, 0.1) is 5.57 Å². The molecule has 0 unspecified atom stereocenters. The van der Waals surface area contributed by atoms with E-state index in [1.807, 2.05) is 66.0 Å². The average molecular weight is 451 g/mol. The Balaban J connectivity index is 1.59. The molecule has 0 saturated carbocycles. The number of carbonyl (C=O) groups is 2. The molecule has 3 aromatic rings. The predicted octanol–water partition coefficient (Wildman–Crippen LogP) is 5.96. The van der Waals surface area contributed by atoms with Crippen LogP contribution < -0.4 is 5.32 Å². The standard InChI is InChI=1S/C25H23ClN2O2S/c1-16(2)18-7-11-20(12-8-18)27-23-22(21-4-3-15-31-21)24(29)28(25(23)30)14-13-17-5-9-19(26)10-6-17/h3-12,15-16,27H,13-14H2,1-2H3. The molecule has 31 heavy (non-hydrogen) atoms. The van der Waals surface area contributed by atoms with Crippen LogP contribution >= 0.6 is 22.9 Å². The first-order chi connectivity index (χ1) is 14.9. The van der Waals surface area contributed by atoms with Crippen LogP contribution in [0.1, 0.15) is 35.8 Å². The topological polar surface area (TPSA) is 49.4 Å². The molecule has 1 aliphatic heterocycles. The highest BCUT2D eigenvalue weighted by atomic mass is 35.5. The summed E-state index contributed by atoms with van der Waals surface area (Å²) in [6.45, 7) is 4.58. The van der Waals surface area contributed by atoms with Gasteiger partial charge in [0.2, 0.25) is 0 Å². The van der Waals surface area contributed by atoms with Gasteiger partial charge in [-0.05, 0) is 59.2 Å². The number of benzene rings is 2. The van der Waals surface area contributed by atoms with E-state index in [1.54, 1.807) is 0 Å². The molecule has 4 rings (SSSR count). The van der Waals surface area contributed by atoms with Gasteiger partial charge in [-0.3, -0.25) is 14.5 Å². The third-order valence-corrected chi connectivity index (χ3v) is 6.46. The SMILES string of the molecule is CC(C)c1ccc(NC2=C(c3cccs3)C(=O)N(CCc3ccc(Cl)cc3)C2=O)cc1. The third kappa shape index (κ3) is 4.58. The lowest BCUT2D eigenvalue weighted by Gasteiger charge is -2.15. The van der Waals surface area contributed by atoms with Crippen molar-refractivity contribution in [3.05, 3.63) is 92.8 Å². The minimum Gasteiger partial charge on any atom is -0.350 e. The van der Waals surface area contributed by atoms with Crippen LogP contribution in [0.15, 0.2) is 71.7 Å². The maximum absolute atomic E-state index is 13.2. The van der Waals surface area contributed by atoms with E-state index in [0.717, 1.165) is 16.1 Å². The van der Waals surface area contributed by atoms with Crippen LogP contribution in [0.4, 0.5) is 5.69 Å². The molecule has 0 spiro atoms. The zero-order chi connectivity index (χ0) is 22.0. The molecule has 2 amide bonds. The normalized spacial score (nSPS) is 14.1. The number of imide groups is 1. The van der Waals surface area contributed by atoms with Gasteiger partial charge in [0.25, 0.3) is 11.8 Å². The van der Waals surface area contributed by atoms with Crippen LogP contribution in [-0.4, -0.2) is 23.3 Å². The Morgan fingerprint density at radius 1 is 0.968 bits per heavy atom. The molecule has 1 N–H and O–H groups in total. The second-order valence-corrected chi connectivity index (χ2v) is 9.15. The number of carbonyl (C=O) groups excluding carboxylic acids is 2. The van der Waals surface area contributed by atoms with Crippen LogP contribution in [0.2, 0.25) is 5.02 Å². The van der Waals surface area contributed by atoms with Crippen molar-refractivity contribution in [1.29, 1.82) is 0 Å². The molecule has 2 heterocycles. The number of halogens is 1. The lowest BCUT2D eigenvalue weighted by Crippen LogP contribution is -2.34. The van der Waals surface area contributed by atoms with Gasteiger partial charge in [-0.15, -0.1) is 11.3 Å². The summed E-state index contributed by atoms with van der Waals surface area (Å²) < 4.78 is 0. The molecule has 1 aromatic heterocycles. The minimum atomic E-state index is -0.296. The van der Waals surface area contributed by atoms with E-state index in [2.05, 4.69) is 19.2 Å². The van der Waals surface area contributed by atoms with E-state index >= 15 is 0 Å². The Morgan fingerprint density at radius 2 is 1.68 bits per heavy atom. The quantitative estimate of drug-likeness (QED) is 0.452. The molecule has 0 aliphatic carbocycles. The maximum Gasteiger partial charge on any atom is 0.278 e. The van der Waals surface area contributed by atoms with Crippen LogP contribution in [-0.2, 0) is 16.0 Å². The Bertz CT molecular complexity index is 1120. The van der Waals surface area contributed by atoms with Crippen LogP contribution in [0, 0.1) is 0 Å². The van der Waals surface area contributed by atoms with Crippen molar-refractivity contribution in [1.82, 2.24) is 4.90 Å². The third-order valence-electron chi connectivity index (χ3n) is 5.32. The van der Waals surface area contributed by atoms with Gasteiger partial charge in [-0.2, -0.15) is 0 Å². The van der Waals surface area contributed by atoms with Gasteiger partial charge in [0.1, 0.15) is 5.70 Å². The largest absolute Gasteiger partial charge is 0.350 e. The molecular weight excluding hydrogens is 428 g/mol. The van der Waals surface area contributed by atoms with Crippen LogP contribution in [0.5, 0.6) is 0 Å². The molecule has 4 nitrogen and oxygen atoms in total. The fourth-order valence-electron chi connectivity index (χ4n) is 3.53. The fourth-order valence-corrected chi connectivity index (χ4v) is 4.43. The summed E-state index contributed by atoms with van der Waals surface area (Å²) in [5.74, 6) is -0.133. The summed E-state index contributed by atoms with van der Waals surface area (Å²) in [5, 5.41) is 5.79. The van der Waals surface area contributed by atoms with Crippen molar-refractivity contribution in [3.8, 4) is 0 Å². The van der Waals surface area contributed by atoms with Crippen LogP contribution in [0.3, 0.4) is 0 Å². The van der Waals surface area contributed by atoms with E-state index in [4.69, 9.17) is 11.6 Å². The van der Waals surface area contributed by atoms with Crippen molar-refractivity contribution in [2.24, 2.45) is 0 Å². The first kappa shape index (κ1) is 21.3. The van der Waals surface area contributed by atoms with Gasteiger partial charge in [-0.25, -0.2) is 0 Å². The van der Waals surface area contributed by atoms with E-state index in [-0.39, 0.29) is 11.8 Å². The Morgan fingerprint density at radius 3 is 2.29 bits per heavy atom. The number of amides is 2.